The maximum absolute atomic E-state index is 13.5. The van der Waals surface area contributed by atoms with Crippen molar-refractivity contribution in [3.05, 3.63) is 59.9 Å². The Morgan fingerprint density at radius 3 is 2.50 bits per heavy atom. The maximum atomic E-state index is 13.5. The highest BCUT2D eigenvalue weighted by atomic mass is 32.2. The van der Waals surface area contributed by atoms with Crippen LogP contribution < -0.4 is 10.1 Å². The number of carbonyl (C=O) groups excluding carboxylic acids is 1. The molecule has 0 saturated carbocycles. The highest BCUT2D eigenvalue weighted by Gasteiger charge is 2.19. The van der Waals surface area contributed by atoms with Crippen molar-refractivity contribution in [3.8, 4) is 5.75 Å². The standard InChI is InChI=1S/C20H25FN2O2S/c1-14(26-18-10-8-17(25-4)9-11-18)20(24)22-13-19(23(2)3)15-6-5-7-16(21)12-15/h5-12,14,19H,13H2,1-4H3,(H,22,24)/t14-,19+/m0/s1. The van der Waals surface area contributed by atoms with Gasteiger partial charge in [0.2, 0.25) is 5.91 Å². The van der Waals surface area contributed by atoms with E-state index in [1.807, 2.05) is 56.3 Å². The molecule has 0 fully saturated rings. The summed E-state index contributed by atoms with van der Waals surface area (Å²) in [6.07, 6.45) is 0. The average molecular weight is 376 g/mol. The lowest BCUT2D eigenvalue weighted by atomic mass is 10.1. The van der Waals surface area contributed by atoms with E-state index in [-0.39, 0.29) is 23.0 Å². The summed E-state index contributed by atoms with van der Waals surface area (Å²) >= 11 is 1.49. The van der Waals surface area contributed by atoms with E-state index in [0.717, 1.165) is 16.2 Å². The van der Waals surface area contributed by atoms with Crippen molar-refractivity contribution in [2.45, 2.75) is 23.1 Å². The van der Waals surface area contributed by atoms with E-state index >= 15 is 0 Å². The van der Waals surface area contributed by atoms with Crippen LogP contribution in [-0.4, -0.2) is 43.8 Å². The van der Waals surface area contributed by atoms with Crippen LogP contribution in [0.2, 0.25) is 0 Å². The van der Waals surface area contributed by atoms with Crippen LogP contribution in [0.15, 0.2) is 53.4 Å². The fourth-order valence-electron chi connectivity index (χ4n) is 2.57. The molecule has 2 rings (SSSR count). The molecule has 2 atom stereocenters. The summed E-state index contributed by atoms with van der Waals surface area (Å²) in [4.78, 5) is 15.4. The number of ether oxygens (including phenoxy) is 1. The lowest BCUT2D eigenvalue weighted by Gasteiger charge is -2.25. The average Bonchev–Trinajstić information content (AvgIpc) is 2.62. The van der Waals surface area contributed by atoms with E-state index in [1.54, 1.807) is 13.2 Å². The van der Waals surface area contributed by atoms with Gasteiger partial charge in [0.1, 0.15) is 11.6 Å². The number of carbonyl (C=O) groups is 1. The van der Waals surface area contributed by atoms with Gasteiger partial charge in [0, 0.05) is 11.4 Å². The van der Waals surface area contributed by atoms with Crippen LogP contribution in [0.3, 0.4) is 0 Å². The Kier molecular flexibility index (Phi) is 7.48. The van der Waals surface area contributed by atoms with Gasteiger partial charge in [-0.25, -0.2) is 4.39 Å². The third-order valence-corrected chi connectivity index (χ3v) is 5.18. The number of amides is 1. The molecule has 0 spiro atoms. The van der Waals surface area contributed by atoms with Crippen molar-refractivity contribution in [3.63, 3.8) is 0 Å². The quantitative estimate of drug-likeness (QED) is 0.713. The third-order valence-electron chi connectivity index (χ3n) is 4.07. The minimum absolute atomic E-state index is 0.0472. The number of halogens is 1. The van der Waals surface area contributed by atoms with Gasteiger partial charge in [-0.3, -0.25) is 4.79 Å². The Labute approximate surface area is 158 Å². The Bertz CT molecular complexity index is 722. The molecule has 26 heavy (non-hydrogen) atoms. The van der Waals surface area contributed by atoms with Gasteiger partial charge in [-0.2, -0.15) is 0 Å². The summed E-state index contributed by atoms with van der Waals surface area (Å²) in [6, 6.07) is 14.0. The summed E-state index contributed by atoms with van der Waals surface area (Å²) in [5, 5.41) is 2.74. The van der Waals surface area contributed by atoms with E-state index in [9.17, 15) is 9.18 Å². The number of thioether (sulfide) groups is 1. The number of likely N-dealkylation sites (N-methyl/N-ethyl adjacent to an activating group) is 1. The van der Waals surface area contributed by atoms with E-state index in [0.29, 0.717) is 6.54 Å². The summed E-state index contributed by atoms with van der Waals surface area (Å²) in [7, 11) is 5.45. The number of nitrogens with zero attached hydrogens (tertiary/aromatic N) is 1. The first-order valence-corrected chi connectivity index (χ1v) is 9.29. The number of rotatable bonds is 8. The summed E-state index contributed by atoms with van der Waals surface area (Å²) in [5.41, 5.74) is 0.839. The Hall–Kier alpha value is -2.05. The van der Waals surface area contributed by atoms with Crippen LogP contribution >= 0.6 is 11.8 Å². The van der Waals surface area contributed by atoms with Crippen molar-refractivity contribution >= 4 is 17.7 Å². The molecule has 4 nitrogen and oxygen atoms in total. The second-order valence-corrected chi connectivity index (χ2v) is 7.63. The van der Waals surface area contributed by atoms with Crippen LogP contribution in [0.1, 0.15) is 18.5 Å². The first-order valence-electron chi connectivity index (χ1n) is 8.41. The molecule has 0 radical (unpaired) electrons. The summed E-state index contributed by atoms with van der Waals surface area (Å²) in [5.74, 6) is 0.466. The molecule has 6 heteroatoms. The number of methoxy groups -OCH3 is 1. The zero-order chi connectivity index (χ0) is 19.1. The van der Waals surface area contributed by atoms with Crippen molar-refractivity contribution in [2.24, 2.45) is 0 Å². The lowest BCUT2D eigenvalue weighted by molar-refractivity contribution is -0.120. The lowest BCUT2D eigenvalue weighted by Crippen LogP contribution is -2.38. The smallest absolute Gasteiger partial charge is 0.233 e. The second kappa shape index (κ2) is 9.59. The molecule has 0 bridgehead atoms. The first kappa shape index (κ1) is 20.3. The van der Waals surface area contributed by atoms with Gasteiger partial charge in [0.05, 0.1) is 18.4 Å². The molecule has 0 aromatic heterocycles. The van der Waals surface area contributed by atoms with Crippen LogP contribution in [0.25, 0.3) is 0 Å². The highest BCUT2D eigenvalue weighted by Crippen LogP contribution is 2.25. The van der Waals surface area contributed by atoms with E-state index < -0.39 is 0 Å². The van der Waals surface area contributed by atoms with Crippen LogP contribution in [0.5, 0.6) is 5.75 Å². The molecular formula is C20H25FN2O2S. The SMILES string of the molecule is COc1ccc(S[C@@H](C)C(=O)NC[C@H](c2cccc(F)c2)N(C)C)cc1. The number of nitrogens with one attached hydrogen (secondary N) is 1. The van der Waals surface area contributed by atoms with Gasteiger partial charge in [-0.1, -0.05) is 12.1 Å². The molecule has 0 unspecified atom stereocenters. The monoisotopic (exact) mass is 376 g/mol. The largest absolute Gasteiger partial charge is 0.497 e. The Morgan fingerprint density at radius 2 is 1.92 bits per heavy atom. The summed E-state index contributed by atoms with van der Waals surface area (Å²) in [6.45, 7) is 2.29. The van der Waals surface area contributed by atoms with Gasteiger partial charge in [-0.15, -0.1) is 11.8 Å². The van der Waals surface area contributed by atoms with E-state index in [4.69, 9.17) is 4.74 Å². The molecule has 0 aliphatic rings. The van der Waals surface area contributed by atoms with Gasteiger partial charge in [0.15, 0.2) is 0 Å². The predicted molar refractivity (Wildman–Crippen MR) is 104 cm³/mol. The molecule has 0 aliphatic heterocycles. The molecule has 1 amide bonds. The van der Waals surface area contributed by atoms with E-state index in [2.05, 4.69) is 5.32 Å². The van der Waals surface area contributed by atoms with E-state index in [1.165, 1.54) is 23.9 Å². The molecule has 1 N–H and O–H groups in total. The van der Waals surface area contributed by atoms with Gasteiger partial charge in [0.25, 0.3) is 0 Å². The fourth-order valence-corrected chi connectivity index (χ4v) is 3.46. The third kappa shape index (κ3) is 5.75. The minimum atomic E-state index is -0.274. The summed E-state index contributed by atoms with van der Waals surface area (Å²) < 4.78 is 18.6. The van der Waals surface area contributed by atoms with Crippen LogP contribution in [-0.2, 0) is 4.79 Å². The predicted octanol–water partition coefficient (Wildman–Crippen LogP) is 3.73. The topological polar surface area (TPSA) is 41.6 Å². The van der Waals surface area contributed by atoms with Crippen LogP contribution in [0, 0.1) is 5.82 Å². The molecule has 0 heterocycles. The van der Waals surface area contributed by atoms with Gasteiger partial charge < -0.3 is 15.0 Å². The first-order chi connectivity index (χ1) is 12.4. The molecule has 0 aliphatic carbocycles. The van der Waals surface area contributed by atoms with Crippen molar-refractivity contribution in [1.82, 2.24) is 10.2 Å². The van der Waals surface area contributed by atoms with Crippen molar-refractivity contribution < 1.29 is 13.9 Å². The fraction of sp³-hybridized carbons (Fsp3) is 0.350. The Morgan fingerprint density at radius 1 is 1.23 bits per heavy atom. The van der Waals surface area contributed by atoms with Gasteiger partial charge in [-0.05, 0) is 63.0 Å². The molecule has 140 valence electrons. The van der Waals surface area contributed by atoms with Crippen molar-refractivity contribution in [2.75, 3.05) is 27.7 Å². The Balaban J connectivity index is 1.94. The molecule has 2 aromatic rings. The van der Waals surface area contributed by atoms with Crippen molar-refractivity contribution in [1.29, 1.82) is 0 Å². The number of hydrogen-bond acceptors (Lipinski definition) is 4. The zero-order valence-electron chi connectivity index (χ0n) is 15.5. The zero-order valence-corrected chi connectivity index (χ0v) is 16.3. The minimum Gasteiger partial charge on any atom is -0.497 e. The molecule has 2 aromatic carbocycles. The highest BCUT2D eigenvalue weighted by molar-refractivity contribution is 8.00. The number of hydrogen-bond donors (Lipinski definition) is 1. The molecule has 0 saturated heterocycles. The molecular weight excluding hydrogens is 351 g/mol. The second-order valence-electron chi connectivity index (χ2n) is 6.22. The van der Waals surface area contributed by atoms with Gasteiger partial charge >= 0.3 is 0 Å². The number of benzene rings is 2. The maximum Gasteiger partial charge on any atom is 0.233 e. The van der Waals surface area contributed by atoms with Crippen LogP contribution in [0.4, 0.5) is 4.39 Å². The normalized spacial score (nSPS) is 13.3.